The third-order valence-electron chi connectivity index (χ3n) is 2.62. The monoisotopic (exact) mass is 501 g/mol. The summed E-state index contributed by atoms with van der Waals surface area (Å²) < 4.78 is 10.3. The maximum Gasteiger partial charge on any atom is 0.407 e. The van der Waals surface area contributed by atoms with Crippen LogP contribution in [0.25, 0.3) is 0 Å². The van der Waals surface area contributed by atoms with Crippen molar-refractivity contribution in [2.75, 3.05) is 33.2 Å². The lowest BCUT2D eigenvalue weighted by molar-refractivity contribution is 0.0516. The Morgan fingerprint density at radius 2 is 1.11 bits per heavy atom. The van der Waals surface area contributed by atoms with Gasteiger partial charge in [0.05, 0.1) is 0 Å². The van der Waals surface area contributed by atoms with E-state index in [1.807, 2.05) is 41.5 Å². The van der Waals surface area contributed by atoms with Gasteiger partial charge in [-0.2, -0.15) is 0 Å². The van der Waals surface area contributed by atoms with E-state index in [1.54, 1.807) is 7.05 Å². The average molecular weight is 501 g/mol. The molecule has 0 rings (SSSR count). The summed E-state index contributed by atoms with van der Waals surface area (Å²) in [6.07, 6.45) is -0.153. The molecular formula is C17H36IN5O4. The minimum Gasteiger partial charge on any atom is -0.444 e. The van der Waals surface area contributed by atoms with Gasteiger partial charge in [-0.05, 0) is 48.0 Å². The van der Waals surface area contributed by atoms with E-state index in [4.69, 9.17) is 9.47 Å². The summed E-state index contributed by atoms with van der Waals surface area (Å²) in [4.78, 5) is 27.1. The maximum absolute atomic E-state index is 11.5. The fraction of sp³-hybridized carbons (Fsp3) is 0.824. The molecule has 0 aromatic rings. The minimum atomic E-state index is -0.511. The number of carbonyl (C=O) groups excluding carboxylic acids is 2. The number of nitrogens with one attached hydrogen (secondary N) is 4. The highest BCUT2D eigenvalue weighted by Gasteiger charge is 2.16. The van der Waals surface area contributed by atoms with E-state index in [0.29, 0.717) is 32.1 Å². The number of hydrogen-bond donors (Lipinski definition) is 4. The third kappa shape index (κ3) is 19.1. The van der Waals surface area contributed by atoms with Gasteiger partial charge in [-0.1, -0.05) is 0 Å². The molecule has 0 bridgehead atoms. The molecule has 0 spiro atoms. The number of alkyl carbamates (subject to hydrolysis) is 2. The number of rotatable bonds is 7. The van der Waals surface area contributed by atoms with Gasteiger partial charge in [-0.15, -0.1) is 24.0 Å². The minimum absolute atomic E-state index is 0. The van der Waals surface area contributed by atoms with Crippen molar-refractivity contribution in [1.82, 2.24) is 21.3 Å². The average Bonchev–Trinajstić information content (AvgIpc) is 2.45. The van der Waals surface area contributed by atoms with Crippen molar-refractivity contribution in [3.63, 3.8) is 0 Å². The maximum atomic E-state index is 11.5. The molecule has 0 aliphatic carbocycles. The van der Waals surface area contributed by atoms with Crippen LogP contribution >= 0.6 is 24.0 Å². The van der Waals surface area contributed by atoms with Crippen LogP contribution in [0, 0.1) is 0 Å². The van der Waals surface area contributed by atoms with Gasteiger partial charge in [0.15, 0.2) is 5.96 Å². The molecule has 0 atom stereocenters. The predicted octanol–water partition coefficient (Wildman–Crippen LogP) is 2.21. The summed E-state index contributed by atoms with van der Waals surface area (Å²) in [6, 6.07) is 0. The molecule has 0 fully saturated rings. The topological polar surface area (TPSA) is 113 Å². The van der Waals surface area contributed by atoms with E-state index in [0.717, 1.165) is 6.42 Å². The molecule has 0 aliphatic rings. The van der Waals surface area contributed by atoms with Crippen LogP contribution in [0.15, 0.2) is 4.99 Å². The number of halogens is 1. The molecule has 0 aromatic heterocycles. The zero-order valence-electron chi connectivity index (χ0n) is 17.5. The van der Waals surface area contributed by atoms with Crippen LogP contribution in [0.2, 0.25) is 0 Å². The van der Waals surface area contributed by atoms with Gasteiger partial charge in [-0.3, -0.25) is 4.99 Å². The predicted molar refractivity (Wildman–Crippen MR) is 118 cm³/mol. The summed E-state index contributed by atoms with van der Waals surface area (Å²) in [5.41, 5.74) is -1.01. The van der Waals surface area contributed by atoms with Crippen molar-refractivity contribution in [3.05, 3.63) is 0 Å². The second-order valence-corrected chi connectivity index (χ2v) is 7.64. The first-order chi connectivity index (χ1) is 11.9. The second-order valence-electron chi connectivity index (χ2n) is 7.64. The van der Waals surface area contributed by atoms with Crippen LogP contribution in [-0.2, 0) is 9.47 Å². The van der Waals surface area contributed by atoms with Gasteiger partial charge < -0.3 is 30.7 Å². The molecule has 0 saturated carbocycles. The van der Waals surface area contributed by atoms with Crippen molar-refractivity contribution >= 4 is 42.1 Å². The summed E-state index contributed by atoms with van der Waals surface area (Å²) in [6.45, 7) is 13.0. The Morgan fingerprint density at radius 1 is 0.741 bits per heavy atom. The van der Waals surface area contributed by atoms with Gasteiger partial charge in [0.1, 0.15) is 11.2 Å². The SMILES string of the molecule is CN=C(NCCCNC(=O)OC(C)(C)C)NCCNC(=O)OC(C)(C)C.I. The molecule has 9 nitrogen and oxygen atoms in total. The van der Waals surface area contributed by atoms with Gasteiger partial charge in [0, 0.05) is 33.2 Å². The number of nitrogens with zero attached hydrogens (tertiary/aromatic N) is 1. The molecule has 4 N–H and O–H groups in total. The number of guanidine groups is 1. The molecule has 0 aromatic carbocycles. The van der Waals surface area contributed by atoms with Crippen LogP contribution in [-0.4, -0.2) is 62.6 Å². The molecular weight excluding hydrogens is 465 g/mol. The van der Waals surface area contributed by atoms with Gasteiger partial charge >= 0.3 is 12.2 Å². The molecule has 0 unspecified atom stereocenters. The Bertz CT molecular complexity index is 473. The zero-order valence-corrected chi connectivity index (χ0v) is 19.9. The Balaban J connectivity index is 0. The Labute approximate surface area is 179 Å². The molecule has 27 heavy (non-hydrogen) atoms. The van der Waals surface area contributed by atoms with E-state index < -0.39 is 23.4 Å². The fourth-order valence-electron chi connectivity index (χ4n) is 1.68. The lowest BCUT2D eigenvalue weighted by Gasteiger charge is -2.20. The van der Waals surface area contributed by atoms with Crippen molar-refractivity contribution < 1.29 is 19.1 Å². The number of carbonyl (C=O) groups is 2. The summed E-state index contributed by atoms with van der Waals surface area (Å²) >= 11 is 0. The molecule has 2 amide bonds. The molecule has 0 heterocycles. The molecule has 160 valence electrons. The molecule has 0 aliphatic heterocycles. The van der Waals surface area contributed by atoms with E-state index >= 15 is 0 Å². The Morgan fingerprint density at radius 3 is 1.56 bits per heavy atom. The number of aliphatic imine (C=N–C) groups is 1. The normalized spacial score (nSPS) is 11.7. The van der Waals surface area contributed by atoms with E-state index in [1.165, 1.54) is 0 Å². The second kappa shape index (κ2) is 13.7. The van der Waals surface area contributed by atoms with Crippen molar-refractivity contribution in [2.45, 2.75) is 59.2 Å². The van der Waals surface area contributed by atoms with Gasteiger partial charge in [0.25, 0.3) is 0 Å². The van der Waals surface area contributed by atoms with Crippen LogP contribution in [0.5, 0.6) is 0 Å². The van der Waals surface area contributed by atoms with Crippen molar-refractivity contribution in [2.24, 2.45) is 4.99 Å². The van der Waals surface area contributed by atoms with Crippen LogP contribution < -0.4 is 21.3 Å². The highest BCUT2D eigenvalue weighted by Crippen LogP contribution is 2.06. The Hall–Kier alpha value is -1.46. The quantitative estimate of drug-likeness (QED) is 0.184. The fourth-order valence-corrected chi connectivity index (χ4v) is 1.68. The molecule has 10 heteroatoms. The van der Waals surface area contributed by atoms with E-state index in [2.05, 4.69) is 26.3 Å². The highest BCUT2D eigenvalue weighted by molar-refractivity contribution is 14.0. The van der Waals surface area contributed by atoms with Crippen molar-refractivity contribution in [3.8, 4) is 0 Å². The first-order valence-electron chi connectivity index (χ1n) is 8.81. The van der Waals surface area contributed by atoms with Gasteiger partial charge in [0.2, 0.25) is 0 Å². The third-order valence-corrected chi connectivity index (χ3v) is 2.62. The highest BCUT2D eigenvalue weighted by atomic mass is 127. The lowest BCUT2D eigenvalue weighted by atomic mass is 10.2. The molecule has 0 saturated heterocycles. The first kappa shape index (κ1) is 27.8. The Kier molecular flexibility index (Phi) is 14.1. The first-order valence-corrected chi connectivity index (χ1v) is 8.81. The number of ether oxygens (including phenoxy) is 2. The summed E-state index contributed by atoms with van der Waals surface area (Å²) in [5, 5.41) is 11.5. The van der Waals surface area contributed by atoms with E-state index in [-0.39, 0.29) is 24.0 Å². The summed E-state index contributed by atoms with van der Waals surface area (Å²) in [7, 11) is 1.66. The van der Waals surface area contributed by atoms with Crippen LogP contribution in [0.4, 0.5) is 9.59 Å². The molecule has 0 radical (unpaired) electrons. The lowest BCUT2D eigenvalue weighted by Crippen LogP contribution is -2.43. The smallest absolute Gasteiger partial charge is 0.407 e. The number of hydrogen-bond acceptors (Lipinski definition) is 5. The van der Waals surface area contributed by atoms with Crippen LogP contribution in [0.3, 0.4) is 0 Å². The van der Waals surface area contributed by atoms with Crippen molar-refractivity contribution in [1.29, 1.82) is 0 Å². The van der Waals surface area contributed by atoms with E-state index in [9.17, 15) is 9.59 Å². The summed E-state index contributed by atoms with van der Waals surface area (Å²) in [5.74, 6) is 0.619. The largest absolute Gasteiger partial charge is 0.444 e. The number of amides is 2. The van der Waals surface area contributed by atoms with Crippen LogP contribution in [0.1, 0.15) is 48.0 Å². The standard InChI is InChI=1S/C17H35N5O4.HI/c1-16(2,3)25-14(23)21-10-8-9-19-13(18-7)20-11-12-22-15(24)26-17(4,5)6;/h8-12H2,1-7H3,(H,21,23)(H,22,24)(H2,18,19,20);1H. The zero-order chi connectivity index (χ0) is 20.2. The van der Waals surface area contributed by atoms with Gasteiger partial charge in [-0.25, -0.2) is 9.59 Å².